The molecule has 0 aromatic heterocycles. The lowest BCUT2D eigenvalue weighted by atomic mass is 10.1. The number of benzene rings is 1. The Labute approximate surface area is 110 Å². The van der Waals surface area contributed by atoms with Crippen LogP contribution in [0.2, 0.25) is 0 Å². The SMILES string of the molecule is CC(OC(=O)c1ccccc1)[C@H]1OC(O)[C@H](O)[C@@H]1O. The normalized spacial score (nSPS) is 32.0. The van der Waals surface area contributed by atoms with Gasteiger partial charge in [0.15, 0.2) is 6.29 Å². The number of carbonyl (C=O) groups is 1. The molecule has 6 heteroatoms. The molecule has 0 radical (unpaired) electrons. The van der Waals surface area contributed by atoms with E-state index in [0.29, 0.717) is 5.56 Å². The Hall–Kier alpha value is -1.47. The lowest BCUT2D eigenvalue weighted by Gasteiger charge is -2.21. The van der Waals surface area contributed by atoms with Crippen LogP contribution in [0.15, 0.2) is 30.3 Å². The topological polar surface area (TPSA) is 96.2 Å². The van der Waals surface area contributed by atoms with Crippen molar-refractivity contribution in [3.8, 4) is 0 Å². The molecule has 0 amide bonds. The van der Waals surface area contributed by atoms with Gasteiger partial charge in [0.2, 0.25) is 0 Å². The Morgan fingerprint density at radius 2 is 1.84 bits per heavy atom. The first-order valence-electron chi connectivity index (χ1n) is 5.96. The molecule has 0 bridgehead atoms. The fraction of sp³-hybridized carbons (Fsp3) is 0.462. The maximum absolute atomic E-state index is 11.8. The molecule has 0 spiro atoms. The Morgan fingerprint density at radius 3 is 2.37 bits per heavy atom. The van der Waals surface area contributed by atoms with Crippen molar-refractivity contribution in [1.29, 1.82) is 0 Å². The minimum atomic E-state index is -1.47. The van der Waals surface area contributed by atoms with Gasteiger partial charge in [0.1, 0.15) is 24.4 Å². The number of aliphatic hydroxyl groups excluding tert-OH is 3. The summed E-state index contributed by atoms with van der Waals surface area (Å²) >= 11 is 0. The van der Waals surface area contributed by atoms with Crippen LogP contribution in [0.25, 0.3) is 0 Å². The molecule has 0 saturated carbocycles. The highest BCUT2D eigenvalue weighted by Gasteiger charge is 2.45. The summed E-state index contributed by atoms with van der Waals surface area (Å²) in [4.78, 5) is 11.8. The number of hydrogen-bond donors (Lipinski definition) is 3. The summed E-state index contributed by atoms with van der Waals surface area (Å²) in [5.74, 6) is -0.556. The average Bonchev–Trinajstić information content (AvgIpc) is 2.67. The zero-order valence-corrected chi connectivity index (χ0v) is 10.3. The Kier molecular flexibility index (Phi) is 4.16. The van der Waals surface area contributed by atoms with E-state index in [4.69, 9.17) is 9.47 Å². The summed E-state index contributed by atoms with van der Waals surface area (Å²) in [5, 5.41) is 28.3. The molecule has 1 aromatic rings. The monoisotopic (exact) mass is 268 g/mol. The van der Waals surface area contributed by atoms with Crippen LogP contribution in [0.3, 0.4) is 0 Å². The van der Waals surface area contributed by atoms with E-state index in [9.17, 15) is 20.1 Å². The first-order valence-corrected chi connectivity index (χ1v) is 5.96. The predicted octanol–water partition coefficient (Wildman–Crippen LogP) is -0.329. The Balaban J connectivity index is 1.98. The van der Waals surface area contributed by atoms with Gasteiger partial charge in [-0.05, 0) is 19.1 Å². The molecule has 1 aliphatic rings. The van der Waals surface area contributed by atoms with Gasteiger partial charge in [-0.25, -0.2) is 4.79 Å². The third-order valence-corrected chi connectivity index (χ3v) is 3.04. The molecule has 5 atom stereocenters. The highest BCUT2D eigenvalue weighted by atomic mass is 16.7. The summed E-state index contributed by atoms with van der Waals surface area (Å²) in [6.07, 6.45) is -5.93. The van der Waals surface area contributed by atoms with E-state index < -0.39 is 36.7 Å². The van der Waals surface area contributed by atoms with E-state index in [2.05, 4.69) is 0 Å². The first-order chi connectivity index (χ1) is 9.00. The zero-order valence-electron chi connectivity index (χ0n) is 10.3. The molecular formula is C13H16O6. The lowest BCUT2D eigenvalue weighted by Crippen LogP contribution is -2.39. The van der Waals surface area contributed by atoms with Crippen molar-refractivity contribution < 1.29 is 29.6 Å². The van der Waals surface area contributed by atoms with Gasteiger partial charge >= 0.3 is 5.97 Å². The van der Waals surface area contributed by atoms with Gasteiger partial charge in [-0.1, -0.05) is 18.2 Å². The molecule has 0 aliphatic carbocycles. The minimum absolute atomic E-state index is 0.378. The number of rotatable bonds is 3. The second kappa shape index (κ2) is 5.66. The Morgan fingerprint density at radius 1 is 1.21 bits per heavy atom. The summed E-state index contributed by atoms with van der Waals surface area (Å²) < 4.78 is 10.1. The number of aliphatic hydroxyl groups is 3. The van der Waals surface area contributed by atoms with Crippen molar-refractivity contribution in [3.63, 3.8) is 0 Å². The quantitative estimate of drug-likeness (QED) is 0.650. The van der Waals surface area contributed by atoms with Crippen molar-refractivity contribution in [2.75, 3.05) is 0 Å². The molecule has 1 aromatic carbocycles. The zero-order chi connectivity index (χ0) is 14.0. The van der Waals surface area contributed by atoms with Gasteiger partial charge in [-0.15, -0.1) is 0 Å². The van der Waals surface area contributed by atoms with Crippen LogP contribution in [-0.2, 0) is 9.47 Å². The van der Waals surface area contributed by atoms with Crippen LogP contribution < -0.4 is 0 Å². The van der Waals surface area contributed by atoms with E-state index in [0.717, 1.165) is 0 Å². The number of esters is 1. The molecule has 104 valence electrons. The van der Waals surface area contributed by atoms with E-state index in [1.165, 1.54) is 6.92 Å². The standard InChI is InChI=1S/C13H16O6/c1-7(11-9(14)10(15)13(17)19-11)18-12(16)8-5-3-2-4-6-8/h2-7,9-11,13-15,17H,1H3/t7?,9-,10+,11+,13?/m0/s1. The summed E-state index contributed by atoms with van der Waals surface area (Å²) in [5.41, 5.74) is 0.378. The molecule has 1 heterocycles. The van der Waals surface area contributed by atoms with Crippen LogP contribution in [0, 0.1) is 0 Å². The molecule has 1 aliphatic heterocycles. The molecule has 1 fully saturated rings. The average molecular weight is 268 g/mol. The predicted molar refractivity (Wildman–Crippen MR) is 64.2 cm³/mol. The smallest absolute Gasteiger partial charge is 0.338 e. The van der Waals surface area contributed by atoms with Gasteiger partial charge in [0.25, 0.3) is 0 Å². The molecule has 2 rings (SSSR count). The number of ether oxygens (including phenoxy) is 2. The number of carbonyl (C=O) groups excluding carboxylic acids is 1. The van der Waals surface area contributed by atoms with Crippen molar-refractivity contribution >= 4 is 5.97 Å². The van der Waals surface area contributed by atoms with Crippen molar-refractivity contribution in [1.82, 2.24) is 0 Å². The second-order valence-electron chi connectivity index (χ2n) is 4.45. The van der Waals surface area contributed by atoms with Crippen LogP contribution >= 0.6 is 0 Å². The highest BCUT2D eigenvalue weighted by molar-refractivity contribution is 5.89. The van der Waals surface area contributed by atoms with Crippen molar-refractivity contribution in [2.45, 2.75) is 37.6 Å². The third kappa shape index (κ3) is 2.93. The fourth-order valence-corrected chi connectivity index (χ4v) is 1.95. The molecule has 6 nitrogen and oxygen atoms in total. The van der Waals surface area contributed by atoms with Crippen LogP contribution in [0.1, 0.15) is 17.3 Å². The van der Waals surface area contributed by atoms with Gasteiger partial charge in [-0.3, -0.25) is 0 Å². The van der Waals surface area contributed by atoms with Crippen LogP contribution in [0.4, 0.5) is 0 Å². The molecule has 1 saturated heterocycles. The third-order valence-electron chi connectivity index (χ3n) is 3.04. The van der Waals surface area contributed by atoms with Crippen LogP contribution in [-0.4, -0.2) is 52.0 Å². The van der Waals surface area contributed by atoms with E-state index in [1.54, 1.807) is 30.3 Å². The summed E-state index contributed by atoms with van der Waals surface area (Å²) in [7, 11) is 0. The number of hydrogen-bond acceptors (Lipinski definition) is 6. The van der Waals surface area contributed by atoms with Gasteiger partial charge in [0, 0.05) is 0 Å². The van der Waals surface area contributed by atoms with E-state index >= 15 is 0 Å². The highest BCUT2D eigenvalue weighted by Crippen LogP contribution is 2.24. The summed E-state index contributed by atoms with van der Waals surface area (Å²) in [6, 6.07) is 8.39. The maximum atomic E-state index is 11.8. The maximum Gasteiger partial charge on any atom is 0.338 e. The largest absolute Gasteiger partial charge is 0.456 e. The van der Waals surface area contributed by atoms with Crippen molar-refractivity contribution in [2.24, 2.45) is 0 Å². The van der Waals surface area contributed by atoms with Gasteiger partial charge < -0.3 is 24.8 Å². The Bertz CT molecular complexity index is 434. The van der Waals surface area contributed by atoms with Crippen LogP contribution in [0.5, 0.6) is 0 Å². The van der Waals surface area contributed by atoms with Crippen molar-refractivity contribution in [3.05, 3.63) is 35.9 Å². The molecular weight excluding hydrogens is 252 g/mol. The van der Waals surface area contributed by atoms with E-state index in [-0.39, 0.29) is 0 Å². The first kappa shape index (κ1) is 14.0. The van der Waals surface area contributed by atoms with E-state index in [1.807, 2.05) is 0 Å². The lowest BCUT2D eigenvalue weighted by molar-refractivity contribution is -0.144. The van der Waals surface area contributed by atoms with Gasteiger partial charge in [0.05, 0.1) is 5.56 Å². The summed E-state index contributed by atoms with van der Waals surface area (Å²) in [6.45, 7) is 1.53. The fourth-order valence-electron chi connectivity index (χ4n) is 1.95. The molecule has 19 heavy (non-hydrogen) atoms. The molecule has 3 N–H and O–H groups in total. The second-order valence-corrected chi connectivity index (χ2v) is 4.45. The molecule has 2 unspecified atom stereocenters. The van der Waals surface area contributed by atoms with Gasteiger partial charge in [-0.2, -0.15) is 0 Å². The minimum Gasteiger partial charge on any atom is -0.456 e.